The van der Waals surface area contributed by atoms with Gasteiger partial charge in [-0.3, -0.25) is 0 Å². The summed E-state index contributed by atoms with van der Waals surface area (Å²) in [6, 6.07) is 14.3. The fraction of sp³-hybridized carbons (Fsp3) is 0.125. The Morgan fingerprint density at radius 1 is 1.20 bits per heavy atom. The van der Waals surface area contributed by atoms with Crippen LogP contribution >= 0.6 is 15.9 Å². The number of aromatic nitrogens is 1. The summed E-state index contributed by atoms with van der Waals surface area (Å²) in [4.78, 5) is 3.23. The number of rotatable bonds is 4. The predicted molar refractivity (Wildman–Crippen MR) is 86.3 cm³/mol. The maximum atomic E-state index is 5.25. The molecule has 0 amide bonds. The number of ether oxygens (including phenoxy) is 1. The lowest BCUT2D eigenvalue weighted by Crippen LogP contribution is -2.00. The Bertz CT molecular complexity index is 736. The molecule has 0 atom stereocenters. The van der Waals surface area contributed by atoms with E-state index in [2.05, 4.69) is 50.5 Å². The van der Waals surface area contributed by atoms with E-state index in [9.17, 15) is 0 Å². The summed E-state index contributed by atoms with van der Waals surface area (Å²) in [7, 11) is 1.67. The zero-order valence-electron chi connectivity index (χ0n) is 11.1. The van der Waals surface area contributed by atoms with E-state index in [1.807, 2.05) is 24.4 Å². The van der Waals surface area contributed by atoms with Crippen LogP contribution in [0, 0.1) is 0 Å². The second-order valence-corrected chi connectivity index (χ2v) is 5.41. The fourth-order valence-electron chi connectivity index (χ4n) is 2.26. The molecule has 2 N–H and O–H groups in total. The number of aromatic amines is 1. The average Bonchev–Trinajstić information content (AvgIpc) is 2.95. The molecule has 0 saturated carbocycles. The van der Waals surface area contributed by atoms with Crippen molar-refractivity contribution < 1.29 is 4.74 Å². The van der Waals surface area contributed by atoms with Gasteiger partial charge in [0.05, 0.1) is 12.8 Å². The van der Waals surface area contributed by atoms with E-state index < -0.39 is 0 Å². The van der Waals surface area contributed by atoms with E-state index in [4.69, 9.17) is 4.74 Å². The van der Waals surface area contributed by atoms with E-state index in [1.54, 1.807) is 7.11 Å². The Kier molecular flexibility index (Phi) is 3.65. The van der Waals surface area contributed by atoms with Crippen LogP contribution < -0.4 is 10.1 Å². The van der Waals surface area contributed by atoms with Gasteiger partial charge in [-0.05, 0) is 45.8 Å². The predicted octanol–water partition coefficient (Wildman–Crippen LogP) is 4.55. The molecular formula is C16H15BrN2O. The number of benzene rings is 2. The van der Waals surface area contributed by atoms with Gasteiger partial charge in [0.15, 0.2) is 0 Å². The first-order valence-electron chi connectivity index (χ1n) is 6.40. The van der Waals surface area contributed by atoms with Gasteiger partial charge in [-0.25, -0.2) is 0 Å². The van der Waals surface area contributed by atoms with Crippen molar-refractivity contribution in [2.75, 3.05) is 12.4 Å². The van der Waals surface area contributed by atoms with Gasteiger partial charge >= 0.3 is 0 Å². The van der Waals surface area contributed by atoms with Gasteiger partial charge in [-0.2, -0.15) is 0 Å². The number of H-pyrrole nitrogens is 1. The number of fused-ring (bicyclic) bond motifs is 1. The second-order valence-electron chi connectivity index (χ2n) is 4.56. The van der Waals surface area contributed by atoms with Gasteiger partial charge in [0.1, 0.15) is 5.75 Å². The van der Waals surface area contributed by atoms with Crippen molar-refractivity contribution in [1.29, 1.82) is 0 Å². The van der Waals surface area contributed by atoms with Gasteiger partial charge in [0.25, 0.3) is 0 Å². The SMILES string of the molecule is COc1ccc(Br)c(NCc2cccc3[nH]ccc23)c1. The van der Waals surface area contributed by atoms with Gasteiger partial charge in [0.2, 0.25) is 0 Å². The van der Waals surface area contributed by atoms with Crippen molar-refractivity contribution in [3.63, 3.8) is 0 Å². The van der Waals surface area contributed by atoms with Crippen LogP contribution in [-0.2, 0) is 6.54 Å². The highest BCUT2D eigenvalue weighted by Gasteiger charge is 2.04. The van der Waals surface area contributed by atoms with Crippen LogP contribution in [0.2, 0.25) is 0 Å². The fourth-order valence-corrected chi connectivity index (χ4v) is 2.65. The Hall–Kier alpha value is -1.94. The first kappa shape index (κ1) is 13.1. The molecule has 0 aliphatic carbocycles. The van der Waals surface area contributed by atoms with Crippen LogP contribution in [0.15, 0.2) is 53.1 Å². The molecule has 3 rings (SSSR count). The normalized spacial score (nSPS) is 10.7. The summed E-state index contributed by atoms with van der Waals surface area (Å²) >= 11 is 3.55. The molecule has 0 spiro atoms. The van der Waals surface area contributed by atoms with Crippen LogP contribution in [0.3, 0.4) is 0 Å². The first-order chi connectivity index (χ1) is 9.78. The number of halogens is 1. The second kappa shape index (κ2) is 5.59. The van der Waals surface area contributed by atoms with Crippen molar-refractivity contribution in [2.45, 2.75) is 6.54 Å². The third-order valence-electron chi connectivity index (χ3n) is 3.33. The Morgan fingerprint density at radius 3 is 2.95 bits per heavy atom. The molecule has 0 bridgehead atoms. The van der Waals surface area contributed by atoms with E-state index in [1.165, 1.54) is 10.9 Å². The Balaban J connectivity index is 1.84. The Labute approximate surface area is 126 Å². The molecule has 0 aliphatic rings. The molecule has 0 radical (unpaired) electrons. The summed E-state index contributed by atoms with van der Waals surface area (Å²) in [6.45, 7) is 0.765. The molecule has 0 saturated heterocycles. The highest BCUT2D eigenvalue weighted by atomic mass is 79.9. The van der Waals surface area contributed by atoms with E-state index >= 15 is 0 Å². The maximum absolute atomic E-state index is 5.25. The van der Waals surface area contributed by atoms with Crippen molar-refractivity contribution >= 4 is 32.5 Å². The topological polar surface area (TPSA) is 37.0 Å². The van der Waals surface area contributed by atoms with Crippen LogP contribution in [0.25, 0.3) is 10.9 Å². The highest BCUT2D eigenvalue weighted by Crippen LogP contribution is 2.28. The molecule has 1 aromatic heterocycles. The van der Waals surface area contributed by atoms with E-state index in [0.29, 0.717) is 0 Å². The smallest absolute Gasteiger partial charge is 0.121 e. The number of nitrogens with one attached hydrogen (secondary N) is 2. The van der Waals surface area contributed by atoms with Crippen LogP contribution in [-0.4, -0.2) is 12.1 Å². The van der Waals surface area contributed by atoms with Gasteiger partial charge < -0.3 is 15.0 Å². The number of anilines is 1. The van der Waals surface area contributed by atoms with Crippen molar-refractivity contribution in [3.05, 3.63) is 58.7 Å². The zero-order valence-corrected chi connectivity index (χ0v) is 12.7. The molecule has 2 aromatic carbocycles. The van der Waals surface area contributed by atoms with Crippen LogP contribution in [0.4, 0.5) is 5.69 Å². The largest absolute Gasteiger partial charge is 0.497 e. The van der Waals surface area contributed by atoms with Gasteiger partial charge in [-0.15, -0.1) is 0 Å². The molecule has 1 heterocycles. The van der Waals surface area contributed by atoms with Gasteiger partial charge in [0, 0.05) is 34.2 Å². The molecular weight excluding hydrogens is 316 g/mol. The molecule has 0 fully saturated rings. The van der Waals surface area contributed by atoms with E-state index in [-0.39, 0.29) is 0 Å². The monoisotopic (exact) mass is 330 g/mol. The third kappa shape index (κ3) is 2.51. The standard InChI is InChI=1S/C16H15BrN2O/c1-20-12-5-6-14(17)16(9-12)19-10-11-3-2-4-15-13(11)7-8-18-15/h2-9,18-19H,10H2,1H3. The first-order valence-corrected chi connectivity index (χ1v) is 7.19. The number of hydrogen-bond donors (Lipinski definition) is 2. The maximum Gasteiger partial charge on any atom is 0.121 e. The molecule has 102 valence electrons. The van der Waals surface area contributed by atoms with Crippen molar-refractivity contribution in [3.8, 4) is 5.75 Å². The van der Waals surface area contributed by atoms with Crippen LogP contribution in [0.1, 0.15) is 5.56 Å². The minimum absolute atomic E-state index is 0.765. The minimum Gasteiger partial charge on any atom is -0.497 e. The molecule has 3 nitrogen and oxygen atoms in total. The summed E-state index contributed by atoms with van der Waals surface area (Å²) < 4.78 is 6.28. The Morgan fingerprint density at radius 2 is 2.10 bits per heavy atom. The average molecular weight is 331 g/mol. The highest BCUT2D eigenvalue weighted by molar-refractivity contribution is 9.10. The summed E-state index contributed by atoms with van der Waals surface area (Å²) in [5, 5.41) is 4.69. The third-order valence-corrected chi connectivity index (χ3v) is 4.02. The van der Waals surface area contributed by atoms with E-state index in [0.717, 1.165) is 28.0 Å². The van der Waals surface area contributed by atoms with Crippen molar-refractivity contribution in [2.24, 2.45) is 0 Å². The number of hydrogen-bond acceptors (Lipinski definition) is 2. The number of methoxy groups -OCH3 is 1. The lowest BCUT2D eigenvalue weighted by Gasteiger charge is -2.11. The zero-order chi connectivity index (χ0) is 13.9. The van der Waals surface area contributed by atoms with Gasteiger partial charge in [-0.1, -0.05) is 12.1 Å². The molecule has 3 aromatic rings. The van der Waals surface area contributed by atoms with Crippen molar-refractivity contribution in [1.82, 2.24) is 4.98 Å². The molecule has 0 aliphatic heterocycles. The lowest BCUT2D eigenvalue weighted by molar-refractivity contribution is 0.415. The lowest BCUT2D eigenvalue weighted by atomic mass is 10.1. The summed E-state index contributed by atoms with van der Waals surface area (Å²) in [6.07, 6.45) is 1.97. The summed E-state index contributed by atoms with van der Waals surface area (Å²) in [5.41, 5.74) is 3.45. The quantitative estimate of drug-likeness (QED) is 0.736. The molecule has 0 unspecified atom stereocenters. The minimum atomic E-state index is 0.765. The molecule has 4 heteroatoms. The van der Waals surface area contributed by atoms with Crippen LogP contribution in [0.5, 0.6) is 5.75 Å². The summed E-state index contributed by atoms with van der Waals surface area (Å²) in [5.74, 6) is 0.843. The molecule has 20 heavy (non-hydrogen) atoms.